The van der Waals surface area contributed by atoms with Crippen molar-refractivity contribution in [3.63, 3.8) is 0 Å². The van der Waals surface area contributed by atoms with Crippen molar-refractivity contribution in [3.8, 4) is 0 Å². The summed E-state index contributed by atoms with van der Waals surface area (Å²) >= 11 is 0. The third kappa shape index (κ3) is 2.93. The van der Waals surface area contributed by atoms with Crippen LogP contribution >= 0.6 is 0 Å². The quantitative estimate of drug-likeness (QED) is 0.782. The molecule has 0 fully saturated rings. The first-order valence-corrected chi connectivity index (χ1v) is 5.88. The van der Waals surface area contributed by atoms with Crippen molar-refractivity contribution < 1.29 is 4.39 Å². The molecule has 0 aliphatic heterocycles. The monoisotopic (exact) mass is 235 g/mol. The lowest BCUT2D eigenvalue weighted by atomic mass is 10.1. The van der Waals surface area contributed by atoms with E-state index in [9.17, 15) is 9.18 Å². The molecule has 0 amide bonds. The van der Waals surface area contributed by atoms with Gasteiger partial charge in [0.15, 0.2) is 5.43 Å². The van der Waals surface area contributed by atoms with Crippen molar-refractivity contribution in [1.82, 2.24) is 4.57 Å². The number of aromatic nitrogens is 1. The van der Waals surface area contributed by atoms with Crippen LogP contribution in [0.15, 0.2) is 35.3 Å². The van der Waals surface area contributed by atoms with Gasteiger partial charge in [0, 0.05) is 17.6 Å². The van der Waals surface area contributed by atoms with Gasteiger partial charge in [0.1, 0.15) is 6.67 Å². The van der Waals surface area contributed by atoms with Crippen LogP contribution in [-0.2, 0) is 6.54 Å². The summed E-state index contributed by atoms with van der Waals surface area (Å²) in [7, 11) is 0. The van der Waals surface area contributed by atoms with E-state index in [1.165, 1.54) is 6.07 Å². The number of aryl methyl sites for hydroxylation is 2. The molecule has 1 aromatic carbocycles. The Kier molecular flexibility index (Phi) is 4.88. The van der Waals surface area contributed by atoms with Gasteiger partial charge in [0.25, 0.3) is 0 Å². The molecule has 0 atom stereocenters. The van der Waals surface area contributed by atoms with Crippen molar-refractivity contribution in [1.29, 1.82) is 0 Å². The summed E-state index contributed by atoms with van der Waals surface area (Å²) in [6.45, 7) is 5.80. The van der Waals surface area contributed by atoms with E-state index in [0.29, 0.717) is 11.9 Å². The lowest BCUT2D eigenvalue weighted by molar-refractivity contribution is 0.450. The van der Waals surface area contributed by atoms with Gasteiger partial charge in [-0.2, -0.15) is 0 Å². The predicted octanol–water partition coefficient (Wildman–Crippen LogP) is 3.31. The van der Waals surface area contributed by atoms with Crippen LogP contribution in [0.2, 0.25) is 0 Å². The number of rotatable bonds is 2. The van der Waals surface area contributed by atoms with Crippen LogP contribution in [-0.4, -0.2) is 11.2 Å². The van der Waals surface area contributed by atoms with E-state index in [-0.39, 0.29) is 5.43 Å². The Morgan fingerprint density at radius 2 is 1.94 bits per heavy atom. The minimum atomic E-state index is -0.425. The Morgan fingerprint density at radius 3 is 2.59 bits per heavy atom. The Hall–Kier alpha value is -1.64. The summed E-state index contributed by atoms with van der Waals surface area (Å²) in [6, 6.07) is 7.11. The Labute approximate surface area is 101 Å². The summed E-state index contributed by atoms with van der Waals surface area (Å²) in [5.74, 6) is 0. The van der Waals surface area contributed by atoms with Gasteiger partial charge in [-0.05, 0) is 19.1 Å². The average Bonchev–Trinajstić information content (AvgIpc) is 2.36. The molecule has 0 radical (unpaired) electrons. The van der Waals surface area contributed by atoms with Crippen LogP contribution in [0.1, 0.15) is 19.4 Å². The molecule has 1 heterocycles. The zero-order valence-electron chi connectivity index (χ0n) is 10.5. The molecule has 0 N–H and O–H groups in total. The molecular formula is C14H18FNO. The van der Waals surface area contributed by atoms with Crippen molar-refractivity contribution in [2.24, 2.45) is 0 Å². The topological polar surface area (TPSA) is 22.0 Å². The summed E-state index contributed by atoms with van der Waals surface area (Å²) in [4.78, 5) is 11.6. The zero-order valence-corrected chi connectivity index (χ0v) is 10.5. The number of pyridine rings is 1. The molecule has 0 aliphatic rings. The molecule has 2 aromatic rings. The molecule has 92 valence electrons. The van der Waals surface area contributed by atoms with E-state index < -0.39 is 6.67 Å². The van der Waals surface area contributed by atoms with Gasteiger partial charge in [0.05, 0.1) is 12.1 Å². The number of benzene rings is 1. The molecule has 0 saturated carbocycles. The summed E-state index contributed by atoms with van der Waals surface area (Å²) < 4.78 is 14.0. The van der Waals surface area contributed by atoms with Crippen molar-refractivity contribution in [2.45, 2.75) is 27.3 Å². The third-order valence-electron chi connectivity index (χ3n) is 2.46. The first-order chi connectivity index (χ1) is 8.22. The van der Waals surface area contributed by atoms with Crippen LogP contribution < -0.4 is 5.43 Å². The summed E-state index contributed by atoms with van der Waals surface area (Å²) in [5.41, 5.74) is 1.83. The second-order valence-corrected chi connectivity index (χ2v) is 3.58. The van der Waals surface area contributed by atoms with Crippen LogP contribution in [0.4, 0.5) is 4.39 Å². The van der Waals surface area contributed by atoms with Crippen molar-refractivity contribution >= 4 is 10.9 Å². The van der Waals surface area contributed by atoms with Crippen LogP contribution in [0.3, 0.4) is 0 Å². The highest BCUT2D eigenvalue weighted by Crippen LogP contribution is 2.12. The van der Waals surface area contributed by atoms with E-state index in [1.807, 2.05) is 39.0 Å². The lowest BCUT2D eigenvalue weighted by Crippen LogP contribution is -2.09. The Balaban J connectivity index is 0.000000686. The van der Waals surface area contributed by atoms with E-state index >= 15 is 0 Å². The van der Waals surface area contributed by atoms with E-state index in [1.54, 1.807) is 10.8 Å². The van der Waals surface area contributed by atoms with Gasteiger partial charge < -0.3 is 4.57 Å². The molecule has 0 aliphatic carbocycles. The maximum Gasteiger partial charge on any atom is 0.189 e. The van der Waals surface area contributed by atoms with Gasteiger partial charge >= 0.3 is 0 Å². The highest BCUT2D eigenvalue weighted by molar-refractivity contribution is 5.79. The number of alkyl halides is 1. The molecule has 0 saturated heterocycles. The number of fused-ring (bicyclic) bond motifs is 1. The summed E-state index contributed by atoms with van der Waals surface area (Å²) in [5, 5.41) is 0.658. The standard InChI is InChI=1S/C12H12FNO.C2H6/c1-9-2-3-11-10(8-9)12(15)4-6-14(11)7-5-13;1-2/h2-4,6,8H,5,7H2,1H3;1-2H3. The molecule has 2 nitrogen and oxygen atoms in total. The Morgan fingerprint density at radius 1 is 1.24 bits per heavy atom. The average molecular weight is 235 g/mol. The highest BCUT2D eigenvalue weighted by Gasteiger charge is 2.02. The molecule has 3 heteroatoms. The van der Waals surface area contributed by atoms with Crippen LogP contribution in [0.5, 0.6) is 0 Å². The third-order valence-corrected chi connectivity index (χ3v) is 2.46. The van der Waals surface area contributed by atoms with Gasteiger partial charge in [0.2, 0.25) is 0 Å². The number of hydrogen-bond acceptors (Lipinski definition) is 1. The van der Waals surface area contributed by atoms with Crippen molar-refractivity contribution in [3.05, 3.63) is 46.2 Å². The van der Waals surface area contributed by atoms with Gasteiger partial charge in [-0.1, -0.05) is 25.5 Å². The van der Waals surface area contributed by atoms with E-state index in [0.717, 1.165) is 11.1 Å². The zero-order chi connectivity index (χ0) is 12.8. The van der Waals surface area contributed by atoms with Crippen LogP contribution in [0, 0.1) is 6.92 Å². The van der Waals surface area contributed by atoms with E-state index in [4.69, 9.17) is 0 Å². The number of nitrogens with zero attached hydrogens (tertiary/aromatic N) is 1. The predicted molar refractivity (Wildman–Crippen MR) is 70.3 cm³/mol. The molecular weight excluding hydrogens is 217 g/mol. The fourth-order valence-corrected chi connectivity index (χ4v) is 1.71. The molecule has 0 spiro atoms. The molecule has 1 aromatic heterocycles. The molecule has 2 rings (SSSR count). The molecule has 0 unspecified atom stereocenters. The minimum Gasteiger partial charge on any atom is -0.345 e. The van der Waals surface area contributed by atoms with Gasteiger partial charge in [-0.3, -0.25) is 4.79 Å². The van der Waals surface area contributed by atoms with Gasteiger partial charge in [-0.15, -0.1) is 0 Å². The van der Waals surface area contributed by atoms with Crippen molar-refractivity contribution in [2.75, 3.05) is 6.67 Å². The summed E-state index contributed by atoms with van der Waals surface area (Å²) in [6.07, 6.45) is 1.64. The minimum absolute atomic E-state index is 0.0104. The van der Waals surface area contributed by atoms with Crippen LogP contribution in [0.25, 0.3) is 10.9 Å². The first kappa shape index (κ1) is 13.4. The number of halogens is 1. The maximum absolute atomic E-state index is 12.3. The normalized spacial score (nSPS) is 9.88. The second kappa shape index (κ2) is 6.18. The number of hydrogen-bond donors (Lipinski definition) is 0. The van der Waals surface area contributed by atoms with E-state index in [2.05, 4.69) is 0 Å². The fourth-order valence-electron chi connectivity index (χ4n) is 1.71. The lowest BCUT2D eigenvalue weighted by Gasteiger charge is -2.08. The highest BCUT2D eigenvalue weighted by atomic mass is 19.1. The SMILES string of the molecule is CC.Cc1ccc2c(c1)c(=O)ccn2CCF. The Bertz CT molecular complexity index is 545. The molecule has 17 heavy (non-hydrogen) atoms. The largest absolute Gasteiger partial charge is 0.345 e. The van der Waals surface area contributed by atoms with Gasteiger partial charge in [-0.25, -0.2) is 4.39 Å². The first-order valence-electron chi connectivity index (χ1n) is 5.88. The maximum atomic E-state index is 12.3. The second-order valence-electron chi connectivity index (χ2n) is 3.58. The molecule has 0 bridgehead atoms. The smallest absolute Gasteiger partial charge is 0.189 e. The fraction of sp³-hybridized carbons (Fsp3) is 0.357.